The van der Waals surface area contributed by atoms with Crippen molar-refractivity contribution < 1.29 is 13.9 Å². The summed E-state index contributed by atoms with van der Waals surface area (Å²) >= 11 is 1.56. The standard InChI is InChI=1S/C12H17F2NOS/c1-8(12(7-16)17-2)15-6-9-3-10(13)5-11(14)4-9/h3-5,8,12,15-16H,6-7H2,1-2H3. The molecule has 0 saturated carbocycles. The number of hydrogen-bond donors (Lipinski definition) is 2. The molecule has 0 bridgehead atoms. The molecule has 0 heterocycles. The smallest absolute Gasteiger partial charge is 0.126 e. The third-order valence-electron chi connectivity index (χ3n) is 2.59. The second-order valence-electron chi connectivity index (χ2n) is 3.90. The molecule has 1 rings (SSSR count). The predicted molar refractivity (Wildman–Crippen MR) is 67.0 cm³/mol. The SMILES string of the molecule is CSC(CO)C(C)NCc1cc(F)cc(F)c1. The third-order valence-corrected chi connectivity index (χ3v) is 3.75. The first-order chi connectivity index (χ1) is 8.06. The molecular weight excluding hydrogens is 244 g/mol. The average Bonchev–Trinajstić information content (AvgIpc) is 2.27. The summed E-state index contributed by atoms with van der Waals surface area (Å²) in [5, 5.41) is 12.3. The van der Waals surface area contributed by atoms with Gasteiger partial charge in [0, 0.05) is 23.9 Å². The number of hydrogen-bond acceptors (Lipinski definition) is 3. The molecule has 1 aromatic rings. The van der Waals surface area contributed by atoms with Gasteiger partial charge in [0.1, 0.15) is 11.6 Å². The van der Waals surface area contributed by atoms with Gasteiger partial charge in [-0.3, -0.25) is 0 Å². The maximum Gasteiger partial charge on any atom is 0.126 e. The first kappa shape index (κ1) is 14.4. The van der Waals surface area contributed by atoms with Crippen molar-refractivity contribution in [2.45, 2.75) is 24.8 Å². The first-order valence-electron chi connectivity index (χ1n) is 5.38. The fourth-order valence-corrected chi connectivity index (χ4v) is 2.21. The first-order valence-corrected chi connectivity index (χ1v) is 6.67. The Hall–Kier alpha value is -0.650. The molecule has 2 unspecified atom stereocenters. The van der Waals surface area contributed by atoms with Gasteiger partial charge >= 0.3 is 0 Å². The van der Waals surface area contributed by atoms with E-state index in [0.29, 0.717) is 12.1 Å². The van der Waals surface area contributed by atoms with Crippen molar-refractivity contribution in [2.75, 3.05) is 12.9 Å². The van der Waals surface area contributed by atoms with E-state index in [4.69, 9.17) is 5.11 Å². The Morgan fingerprint density at radius 3 is 2.35 bits per heavy atom. The van der Waals surface area contributed by atoms with Crippen molar-refractivity contribution in [3.63, 3.8) is 0 Å². The second-order valence-corrected chi connectivity index (χ2v) is 4.98. The zero-order valence-corrected chi connectivity index (χ0v) is 10.7. The lowest BCUT2D eigenvalue weighted by Gasteiger charge is -2.21. The van der Waals surface area contributed by atoms with E-state index in [2.05, 4.69) is 5.32 Å². The highest BCUT2D eigenvalue weighted by atomic mass is 32.2. The van der Waals surface area contributed by atoms with Crippen LogP contribution in [0.25, 0.3) is 0 Å². The van der Waals surface area contributed by atoms with Crippen LogP contribution < -0.4 is 5.32 Å². The Balaban J connectivity index is 2.55. The molecule has 17 heavy (non-hydrogen) atoms. The largest absolute Gasteiger partial charge is 0.395 e. The Morgan fingerprint density at radius 1 is 1.29 bits per heavy atom. The van der Waals surface area contributed by atoms with Gasteiger partial charge in [-0.1, -0.05) is 0 Å². The van der Waals surface area contributed by atoms with Crippen molar-refractivity contribution >= 4 is 11.8 Å². The van der Waals surface area contributed by atoms with E-state index in [-0.39, 0.29) is 17.9 Å². The molecule has 0 spiro atoms. The molecule has 2 N–H and O–H groups in total. The minimum Gasteiger partial charge on any atom is -0.395 e. The molecule has 0 aliphatic carbocycles. The molecule has 0 fully saturated rings. The van der Waals surface area contributed by atoms with Crippen LogP contribution in [0.3, 0.4) is 0 Å². The topological polar surface area (TPSA) is 32.3 Å². The maximum absolute atomic E-state index is 12.9. The zero-order valence-electron chi connectivity index (χ0n) is 9.91. The van der Waals surface area contributed by atoms with Gasteiger partial charge < -0.3 is 10.4 Å². The van der Waals surface area contributed by atoms with Crippen LogP contribution in [0.15, 0.2) is 18.2 Å². The number of rotatable bonds is 6. The van der Waals surface area contributed by atoms with Crippen molar-refractivity contribution in [3.05, 3.63) is 35.4 Å². The fourth-order valence-electron chi connectivity index (χ4n) is 1.56. The Kier molecular flexibility index (Phi) is 5.88. The third kappa shape index (κ3) is 4.61. The summed E-state index contributed by atoms with van der Waals surface area (Å²) in [5.74, 6) is -1.14. The van der Waals surface area contributed by atoms with Crippen LogP contribution in [-0.4, -0.2) is 29.3 Å². The Labute approximate surface area is 104 Å². The number of nitrogens with one attached hydrogen (secondary N) is 1. The quantitative estimate of drug-likeness (QED) is 0.823. The number of halogens is 2. The van der Waals surface area contributed by atoms with E-state index in [0.717, 1.165) is 6.07 Å². The normalized spacial score (nSPS) is 14.6. The van der Waals surface area contributed by atoms with Gasteiger partial charge in [-0.15, -0.1) is 0 Å². The molecule has 1 aromatic carbocycles. The predicted octanol–water partition coefficient (Wildman–Crippen LogP) is 2.17. The highest BCUT2D eigenvalue weighted by Crippen LogP contribution is 2.12. The van der Waals surface area contributed by atoms with Crippen LogP contribution in [0.5, 0.6) is 0 Å². The van der Waals surface area contributed by atoms with Gasteiger partial charge in [-0.05, 0) is 30.9 Å². The van der Waals surface area contributed by atoms with Crippen molar-refractivity contribution in [1.82, 2.24) is 5.32 Å². The molecule has 0 saturated heterocycles. The zero-order chi connectivity index (χ0) is 12.8. The Bertz CT molecular complexity index is 338. The van der Waals surface area contributed by atoms with Crippen molar-refractivity contribution in [1.29, 1.82) is 0 Å². The summed E-state index contributed by atoms with van der Waals surface area (Å²) in [7, 11) is 0. The molecule has 2 nitrogen and oxygen atoms in total. The molecule has 5 heteroatoms. The van der Waals surface area contributed by atoms with Gasteiger partial charge in [-0.25, -0.2) is 8.78 Å². The summed E-state index contributed by atoms with van der Waals surface area (Å²) in [5.41, 5.74) is 0.562. The van der Waals surface area contributed by atoms with Crippen LogP contribution in [0, 0.1) is 11.6 Å². The van der Waals surface area contributed by atoms with Gasteiger partial charge in [0.25, 0.3) is 0 Å². The maximum atomic E-state index is 12.9. The minimum atomic E-state index is -0.571. The monoisotopic (exact) mass is 261 g/mol. The molecular formula is C12H17F2NOS. The minimum absolute atomic E-state index is 0.0707. The second kappa shape index (κ2) is 6.93. The number of aliphatic hydroxyl groups is 1. The van der Waals surface area contributed by atoms with Crippen molar-refractivity contribution in [3.8, 4) is 0 Å². The van der Waals surface area contributed by atoms with Gasteiger partial charge in [0.2, 0.25) is 0 Å². The molecule has 2 atom stereocenters. The van der Waals surface area contributed by atoms with Gasteiger partial charge in [0.05, 0.1) is 6.61 Å². The van der Waals surface area contributed by atoms with E-state index in [9.17, 15) is 8.78 Å². The van der Waals surface area contributed by atoms with E-state index in [1.54, 1.807) is 11.8 Å². The lowest BCUT2D eigenvalue weighted by Crippen LogP contribution is -2.37. The lowest BCUT2D eigenvalue weighted by molar-refractivity contribution is 0.275. The fraction of sp³-hybridized carbons (Fsp3) is 0.500. The van der Waals surface area contributed by atoms with E-state index in [1.165, 1.54) is 12.1 Å². The highest BCUT2D eigenvalue weighted by Gasteiger charge is 2.14. The lowest BCUT2D eigenvalue weighted by atomic mass is 10.2. The van der Waals surface area contributed by atoms with Crippen molar-refractivity contribution in [2.24, 2.45) is 0 Å². The molecule has 0 amide bonds. The number of aliphatic hydroxyl groups excluding tert-OH is 1. The van der Waals surface area contributed by atoms with Gasteiger partial charge in [0.15, 0.2) is 0 Å². The van der Waals surface area contributed by atoms with Gasteiger partial charge in [-0.2, -0.15) is 11.8 Å². The molecule has 0 aromatic heterocycles. The molecule has 0 aliphatic rings. The highest BCUT2D eigenvalue weighted by molar-refractivity contribution is 7.99. The summed E-state index contributed by atoms with van der Waals surface area (Å²) in [6, 6.07) is 3.53. The summed E-state index contributed by atoms with van der Waals surface area (Å²) < 4.78 is 25.9. The molecule has 0 aliphatic heterocycles. The summed E-state index contributed by atoms with van der Waals surface area (Å²) in [4.78, 5) is 0. The van der Waals surface area contributed by atoms with Crippen LogP contribution >= 0.6 is 11.8 Å². The van der Waals surface area contributed by atoms with Crippen LogP contribution in [0.1, 0.15) is 12.5 Å². The number of thioether (sulfide) groups is 1. The molecule has 0 radical (unpaired) electrons. The van der Waals surface area contributed by atoms with E-state index < -0.39 is 11.6 Å². The summed E-state index contributed by atoms with van der Waals surface area (Å²) in [6.45, 7) is 2.40. The summed E-state index contributed by atoms with van der Waals surface area (Å²) in [6.07, 6.45) is 1.92. The Morgan fingerprint density at radius 2 is 1.88 bits per heavy atom. The van der Waals surface area contributed by atoms with Crippen LogP contribution in [0.4, 0.5) is 8.78 Å². The van der Waals surface area contributed by atoms with Crippen LogP contribution in [0.2, 0.25) is 0 Å². The molecule has 96 valence electrons. The number of benzene rings is 1. The van der Waals surface area contributed by atoms with E-state index in [1.807, 2.05) is 13.2 Å². The average molecular weight is 261 g/mol. The van der Waals surface area contributed by atoms with E-state index >= 15 is 0 Å². The van der Waals surface area contributed by atoms with Crippen LogP contribution in [-0.2, 0) is 6.54 Å².